The highest BCUT2D eigenvalue weighted by molar-refractivity contribution is 7.27. The third-order valence-electron chi connectivity index (χ3n) is 9.35. The van der Waals surface area contributed by atoms with Crippen molar-refractivity contribution in [1.82, 2.24) is 0 Å². The molecule has 0 N–H and O–H groups in total. The minimum atomic E-state index is 1.26. The van der Waals surface area contributed by atoms with Gasteiger partial charge in [-0.05, 0) is 95.0 Å². The second-order valence-corrected chi connectivity index (χ2v) is 12.7. The third kappa shape index (κ3) is 3.31. The Morgan fingerprint density at radius 2 is 0.930 bits per heavy atom. The molecular weight excluding hydrogens is 537 g/mol. The standard InChI is InChI=1S/C42H24S/c1-3-9-27-21-29(17-15-25(27)7-1)30-19-20-34-38(24-30)43-42-36-14-6-12-33-37(31-18-16-26-8-2-4-10-28(26)22-31)23-32-11-5-13-35(41(34)42)39(32)40(33)36/h1-24H. The van der Waals surface area contributed by atoms with Gasteiger partial charge in [-0.1, -0.05) is 121 Å². The van der Waals surface area contributed by atoms with E-state index in [2.05, 4.69) is 146 Å². The quantitative estimate of drug-likeness (QED) is 0.184. The van der Waals surface area contributed by atoms with Crippen LogP contribution in [0.3, 0.4) is 0 Å². The van der Waals surface area contributed by atoms with Gasteiger partial charge in [0.25, 0.3) is 0 Å². The van der Waals surface area contributed by atoms with Gasteiger partial charge in [0, 0.05) is 25.6 Å². The maximum Gasteiger partial charge on any atom is 0.0440 e. The molecule has 0 radical (unpaired) electrons. The summed E-state index contributed by atoms with van der Waals surface area (Å²) in [6.45, 7) is 0. The Morgan fingerprint density at radius 1 is 0.326 bits per heavy atom. The van der Waals surface area contributed by atoms with Crippen LogP contribution in [-0.4, -0.2) is 0 Å². The number of rotatable bonds is 2. The van der Waals surface area contributed by atoms with Crippen LogP contribution in [-0.2, 0) is 0 Å². The molecule has 0 aliphatic carbocycles. The highest BCUT2D eigenvalue weighted by Gasteiger charge is 2.19. The second kappa shape index (κ2) is 8.64. The number of benzene rings is 9. The Balaban J connectivity index is 1.27. The van der Waals surface area contributed by atoms with Crippen LogP contribution in [0.5, 0.6) is 0 Å². The lowest BCUT2D eigenvalue weighted by Gasteiger charge is -2.16. The minimum absolute atomic E-state index is 1.26. The number of hydrogen-bond acceptors (Lipinski definition) is 1. The van der Waals surface area contributed by atoms with E-state index in [4.69, 9.17) is 0 Å². The van der Waals surface area contributed by atoms with E-state index < -0.39 is 0 Å². The summed E-state index contributed by atoms with van der Waals surface area (Å²) in [5, 5.41) is 15.9. The largest absolute Gasteiger partial charge is 0.134 e. The Labute approximate surface area is 252 Å². The van der Waals surface area contributed by atoms with Gasteiger partial charge in [0.2, 0.25) is 0 Å². The van der Waals surface area contributed by atoms with Gasteiger partial charge >= 0.3 is 0 Å². The molecule has 0 atom stereocenters. The summed E-state index contributed by atoms with van der Waals surface area (Å²) < 4.78 is 2.72. The van der Waals surface area contributed by atoms with Crippen LogP contribution in [0.15, 0.2) is 146 Å². The second-order valence-electron chi connectivity index (χ2n) is 11.7. The predicted octanol–water partition coefficient (Wildman–Crippen LogP) is 12.6. The van der Waals surface area contributed by atoms with Gasteiger partial charge in [-0.15, -0.1) is 11.3 Å². The first-order valence-electron chi connectivity index (χ1n) is 14.8. The molecule has 0 aliphatic rings. The molecule has 0 spiro atoms. The summed E-state index contributed by atoms with van der Waals surface area (Å²) in [6, 6.07) is 54.1. The van der Waals surface area contributed by atoms with Crippen LogP contribution in [0.2, 0.25) is 0 Å². The highest BCUT2D eigenvalue weighted by Crippen LogP contribution is 2.49. The number of hydrogen-bond donors (Lipinski definition) is 0. The van der Waals surface area contributed by atoms with Crippen LogP contribution < -0.4 is 0 Å². The monoisotopic (exact) mass is 560 g/mol. The van der Waals surface area contributed by atoms with Crippen LogP contribution in [0.4, 0.5) is 0 Å². The molecule has 0 amide bonds. The van der Waals surface area contributed by atoms with E-state index in [-0.39, 0.29) is 0 Å². The Kier molecular flexibility index (Phi) is 4.69. The third-order valence-corrected chi connectivity index (χ3v) is 10.5. The molecule has 0 saturated carbocycles. The minimum Gasteiger partial charge on any atom is -0.134 e. The topological polar surface area (TPSA) is 0 Å². The van der Waals surface area contributed by atoms with E-state index in [9.17, 15) is 0 Å². The summed E-state index contributed by atoms with van der Waals surface area (Å²) in [4.78, 5) is 0. The molecule has 0 bridgehead atoms. The van der Waals surface area contributed by atoms with E-state index in [1.54, 1.807) is 0 Å². The van der Waals surface area contributed by atoms with Crippen molar-refractivity contribution in [3.63, 3.8) is 0 Å². The van der Waals surface area contributed by atoms with Gasteiger partial charge in [0.1, 0.15) is 0 Å². The molecule has 1 aromatic heterocycles. The molecule has 0 saturated heterocycles. The fourth-order valence-electron chi connectivity index (χ4n) is 7.34. The summed E-state index contributed by atoms with van der Waals surface area (Å²) >= 11 is 1.94. The zero-order chi connectivity index (χ0) is 28.1. The SMILES string of the molecule is c1ccc2cc(-c3ccc4c(c3)sc3c5cccc6c(-c7ccc8ccccc8c7)cc7cccc(c43)c7c65)ccc2c1. The zero-order valence-corrected chi connectivity index (χ0v) is 24.1. The van der Waals surface area contributed by atoms with Gasteiger partial charge in [-0.25, -0.2) is 0 Å². The van der Waals surface area contributed by atoms with Gasteiger partial charge < -0.3 is 0 Å². The van der Waals surface area contributed by atoms with Crippen molar-refractivity contribution in [2.75, 3.05) is 0 Å². The van der Waals surface area contributed by atoms with Crippen LogP contribution in [0.25, 0.3) is 96.3 Å². The highest BCUT2D eigenvalue weighted by atomic mass is 32.1. The molecule has 0 fully saturated rings. The molecule has 0 aliphatic heterocycles. The molecule has 10 aromatic rings. The summed E-state index contributed by atoms with van der Waals surface area (Å²) in [5.41, 5.74) is 5.10. The van der Waals surface area contributed by atoms with Gasteiger partial charge in [-0.2, -0.15) is 0 Å². The van der Waals surface area contributed by atoms with Crippen molar-refractivity contribution < 1.29 is 0 Å². The lowest BCUT2D eigenvalue weighted by molar-refractivity contribution is 1.69. The van der Waals surface area contributed by atoms with Crippen molar-refractivity contribution in [2.24, 2.45) is 0 Å². The normalized spacial score (nSPS) is 12.2. The molecule has 0 nitrogen and oxygen atoms in total. The summed E-state index contributed by atoms with van der Waals surface area (Å²) in [5.74, 6) is 0. The smallest absolute Gasteiger partial charge is 0.0440 e. The Morgan fingerprint density at radius 3 is 1.74 bits per heavy atom. The van der Waals surface area contributed by atoms with Gasteiger partial charge in [-0.3, -0.25) is 0 Å². The Hall–Kier alpha value is -5.24. The summed E-state index contributed by atoms with van der Waals surface area (Å²) in [7, 11) is 0. The number of fused-ring (bicyclic) bond motifs is 7. The first-order chi connectivity index (χ1) is 21.3. The molecule has 198 valence electrons. The average Bonchev–Trinajstić information content (AvgIpc) is 3.46. The van der Waals surface area contributed by atoms with Gasteiger partial charge in [0.15, 0.2) is 0 Å². The lowest BCUT2D eigenvalue weighted by atomic mass is 9.87. The predicted molar refractivity (Wildman–Crippen MR) is 189 cm³/mol. The van der Waals surface area contributed by atoms with E-state index in [0.717, 1.165) is 0 Å². The van der Waals surface area contributed by atoms with Crippen molar-refractivity contribution in [2.45, 2.75) is 0 Å². The van der Waals surface area contributed by atoms with Crippen LogP contribution >= 0.6 is 11.3 Å². The van der Waals surface area contributed by atoms with Gasteiger partial charge in [0.05, 0.1) is 0 Å². The molecule has 1 heteroatoms. The van der Waals surface area contributed by atoms with Crippen LogP contribution in [0, 0.1) is 0 Å². The number of thiophene rings is 1. The van der Waals surface area contributed by atoms with E-state index in [1.807, 2.05) is 11.3 Å². The van der Waals surface area contributed by atoms with E-state index in [0.29, 0.717) is 0 Å². The summed E-state index contributed by atoms with van der Waals surface area (Å²) in [6.07, 6.45) is 0. The van der Waals surface area contributed by atoms with Crippen molar-refractivity contribution in [3.8, 4) is 22.3 Å². The van der Waals surface area contributed by atoms with Crippen molar-refractivity contribution in [1.29, 1.82) is 0 Å². The average molecular weight is 561 g/mol. The molecule has 10 rings (SSSR count). The first kappa shape index (κ1) is 23.3. The fraction of sp³-hybridized carbons (Fsp3) is 0. The van der Waals surface area contributed by atoms with E-state index in [1.165, 1.54) is 96.3 Å². The van der Waals surface area contributed by atoms with Crippen LogP contribution in [0.1, 0.15) is 0 Å². The molecule has 43 heavy (non-hydrogen) atoms. The first-order valence-corrected chi connectivity index (χ1v) is 15.7. The fourth-order valence-corrected chi connectivity index (χ4v) is 8.63. The lowest BCUT2D eigenvalue weighted by Crippen LogP contribution is -1.89. The maximum absolute atomic E-state index is 2.41. The molecule has 9 aromatic carbocycles. The Bertz CT molecular complexity index is 2730. The molecular formula is C42H24S. The van der Waals surface area contributed by atoms with Crippen molar-refractivity contribution in [3.05, 3.63) is 146 Å². The molecule has 0 unspecified atom stereocenters. The zero-order valence-electron chi connectivity index (χ0n) is 23.3. The molecule has 1 heterocycles. The van der Waals surface area contributed by atoms with E-state index >= 15 is 0 Å². The maximum atomic E-state index is 2.41. The van der Waals surface area contributed by atoms with Crippen molar-refractivity contribution >= 4 is 85.4 Å².